The maximum atomic E-state index is 12.9. The first kappa shape index (κ1) is 21.4. The van der Waals surface area contributed by atoms with Crippen LogP contribution in [0.4, 0.5) is 4.79 Å². The van der Waals surface area contributed by atoms with Gasteiger partial charge < -0.3 is 9.47 Å². The second-order valence-corrected chi connectivity index (χ2v) is 7.66. The van der Waals surface area contributed by atoms with Gasteiger partial charge in [0.1, 0.15) is 12.2 Å². The highest BCUT2D eigenvalue weighted by Crippen LogP contribution is 2.27. The Morgan fingerprint density at radius 3 is 1.16 bits per heavy atom. The SMILES string of the molecule is O=C(OC(Cc1ccccc1)c1ccccc1)OC(Cc1ccccc1)c1ccccc1. The van der Waals surface area contributed by atoms with Gasteiger partial charge in [0, 0.05) is 12.8 Å². The fourth-order valence-corrected chi connectivity index (χ4v) is 3.71. The fraction of sp³-hybridized carbons (Fsp3) is 0.138. The summed E-state index contributed by atoms with van der Waals surface area (Å²) < 4.78 is 11.7. The van der Waals surface area contributed by atoms with Crippen molar-refractivity contribution in [2.75, 3.05) is 0 Å². The third-order valence-electron chi connectivity index (χ3n) is 5.35. The van der Waals surface area contributed by atoms with Crippen LogP contribution in [0.1, 0.15) is 34.5 Å². The summed E-state index contributed by atoms with van der Waals surface area (Å²) in [6.07, 6.45) is -0.374. The van der Waals surface area contributed by atoms with Crippen molar-refractivity contribution in [3.8, 4) is 0 Å². The molecule has 0 N–H and O–H groups in total. The Morgan fingerprint density at radius 2 is 0.812 bits per heavy atom. The van der Waals surface area contributed by atoms with Crippen LogP contribution in [0, 0.1) is 0 Å². The van der Waals surface area contributed by atoms with Crippen LogP contribution in [0.3, 0.4) is 0 Å². The van der Waals surface area contributed by atoms with E-state index in [-0.39, 0.29) is 0 Å². The molecule has 0 saturated carbocycles. The quantitative estimate of drug-likeness (QED) is 0.284. The Morgan fingerprint density at radius 1 is 0.500 bits per heavy atom. The molecule has 0 amide bonds. The number of hydrogen-bond donors (Lipinski definition) is 0. The minimum absolute atomic E-state index is 0.431. The summed E-state index contributed by atoms with van der Waals surface area (Å²) in [7, 11) is 0. The Labute approximate surface area is 189 Å². The maximum Gasteiger partial charge on any atom is 0.509 e. The lowest BCUT2D eigenvalue weighted by atomic mass is 10.0. The Bertz CT molecular complexity index is 991. The molecule has 3 heteroatoms. The molecule has 0 fully saturated rings. The van der Waals surface area contributed by atoms with Crippen LogP contribution in [0.15, 0.2) is 121 Å². The van der Waals surface area contributed by atoms with Crippen molar-refractivity contribution < 1.29 is 14.3 Å². The van der Waals surface area contributed by atoms with Gasteiger partial charge in [-0.05, 0) is 22.3 Å². The topological polar surface area (TPSA) is 35.5 Å². The van der Waals surface area contributed by atoms with Crippen LogP contribution in [0.5, 0.6) is 0 Å². The lowest BCUT2D eigenvalue weighted by molar-refractivity contribution is -0.00308. The molecule has 2 unspecified atom stereocenters. The summed E-state index contributed by atoms with van der Waals surface area (Å²) in [5.41, 5.74) is 4.07. The average Bonchev–Trinajstić information content (AvgIpc) is 2.86. The van der Waals surface area contributed by atoms with Gasteiger partial charge in [0.15, 0.2) is 0 Å². The molecule has 0 spiro atoms. The molecule has 0 aliphatic heterocycles. The minimum atomic E-state index is -0.667. The van der Waals surface area contributed by atoms with Crippen molar-refractivity contribution in [2.24, 2.45) is 0 Å². The van der Waals surface area contributed by atoms with Gasteiger partial charge in [-0.3, -0.25) is 0 Å². The van der Waals surface area contributed by atoms with E-state index in [1.807, 2.05) is 121 Å². The molecule has 0 saturated heterocycles. The standard InChI is InChI=1S/C29H26O3/c30-29(31-27(25-17-9-3-10-18-25)21-23-13-5-1-6-14-23)32-28(26-19-11-4-12-20-26)22-24-15-7-2-8-16-24/h1-20,27-28H,21-22H2. The van der Waals surface area contributed by atoms with Crippen molar-refractivity contribution in [3.05, 3.63) is 144 Å². The van der Waals surface area contributed by atoms with E-state index in [0.29, 0.717) is 12.8 Å². The Balaban J connectivity index is 1.51. The van der Waals surface area contributed by atoms with Gasteiger partial charge in [-0.25, -0.2) is 4.79 Å². The Kier molecular flexibility index (Phi) is 7.33. The number of carbonyl (C=O) groups excluding carboxylic acids is 1. The molecule has 0 radical (unpaired) electrons. The van der Waals surface area contributed by atoms with Crippen LogP contribution < -0.4 is 0 Å². The van der Waals surface area contributed by atoms with E-state index in [4.69, 9.17) is 9.47 Å². The molecule has 32 heavy (non-hydrogen) atoms. The summed E-state index contributed by atoms with van der Waals surface area (Å²) in [5.74, 6) is 0. The summed E-state index contributed by atoms with van der Waals surface area (Å²) >= 11 is 0. The van der Waals surface area contributed by atoms with Crippen LogP contribution in [0.25, 0.3) is 0 Å². The van der Waals surface area contributed by atoms with E-state index in [1.165, 1.54) is 0 Å². The first-order valence-electron chi connectivity index (χ1n) is 10.8. The number of ether oxygens (including phenoxy) is 2. The molecule has 3 nitrogen and oxygen atoms in total. The third-order valence-corrected chi connectivity index (χ3v) is 5.35. The highest BCUT2D eigenvalue weighted by molar-refractivity contribution is 5.61. The zero-order valence-electron chi connectivity index (χ0n) is 17.8. The van der Waals surface area contributed by atoms with Crippen molar-refractivity contribution >= 4 is 6.16 Å². The first-order chi connectivity index (χ1) is 15.8. The molecular weight excluding hydrogens is 396 g/mol. The number of benzene rings is 4. The van der Waals surface area contributed by atoms with Crippen LogP contribution in [-0.2, 0) is 22.3 Å². The summed E-state index contributed by atoms with van der Waals surface area (Å²) in [6, 6.07) is 39.6. The summed E-state index contributed by atoms with van der Waals surface area (Å²) in [5, 5.41) is 0. The smallest absolute Gasteiger partial charge is 0.426 e. The van der Waals surface area contributed by atoms with E-state index >= 15 is 0 Å². The molecule has 4 rings (SSSR count). The van der Waals surface area contributed by atoms with E-state index in [9.17, 15) is 4.79 Å². The lowest BCUT2D eigenvalue weighted by Gasteiger charge is -2.22. The van der Waals surface area contributed by atoms with Gasteiger partial charge >= 0.3 is 6.16 Å². The molecule has 0 aromatic heterocycles. The molecule has 4 aromatic carbocycles. The van der Waals surface area contributed by atoms with E-state index in [1.54, 1.807) is 0 Å². The molecule has 0 heterocycles. The molecule has 160 valence electrons. The van der Waals surface area contributed by atoms with Gasteiger partial charge in [-0.1, -0.05) is 121 Å². The lowest BCUT2D eigenvalue weighted by Crippen LogP contribution is -2.19. The molecule has 0 aliphatic carbocycles. The van der Waals surface area contributed by atoms with Gasteiger partial charge in [0.05, 0.1) is 0 Å². The van der Waals surface area contributed by atoms with Crippen LogP contribution in [-0.4, -0.2) is 6.16 Å². The van der Waals surface area contributed by atoms with Gasteiger partial charge in [-0.2, -0.15) is 0 Å². The molecular formula is C29H26O3. The molecule has 0 aliphatic rings. The van der Waals surface area contributed by atoms with Gasteiger partial charge in [0.2, 0.25) is 0 Å². The number of rotatable bonds is 8. The van der Waals surface area contributed by atoms with Gasteiger partial charge in [0.25, 0.3) is 0 Å². The van der Waals surface area contributed by atoms with Crippen LogP contribution in [0.2, 0.25) is 0 Å². The maximum absolute atomic E-state index is 12.9. The van der Waals surface area contributed by atoms with Crippen molar-refractivity contribution in [2.45, 2.75) is 25.0 Å². The van der Waals surface area contributed by atoms with E-state index in [2.05, 4.69) is 0 Å². The second-order valence-electron chi connectivity index (χ2n) is 7.66. The Hall–Kier alpha value is -3.85. The van der Waals surface area contributed by atoms with Crippen LogP contribution >= 0.6 is 0 Å². The predicted molar refractivity (Wildman–Crippen MR) is 126 cm³/mol. The fourth-order valence-electron chi connectivity index (χ4n) is 3.71. The molecule has 0 bridgehead atoms. The molecule has 2 atom stereocenters. The van der Waals surface area contributed by atoms with Crippen molar-refractivity contribution in [1.29, 1.82) is 0 Å². The zero-order chi connectivity index (χ0) is 22.0. The van der Waals surface area contributed by atoms with E-state index < -0.39 is 18.4 Å². The highest BCUT2D eigenvalue weighted by atomic mass is 16.7. The normalized spacial score (nSPS) is 12.5. The number of carbonyl (C=O) groups is 1. The third kappa shape index (κ3) is 6.08. The second kappa shape index (κ2) is 11.0. The molecule has 4 aromatic rings. The predicted octanol–water partition coefficient (Wildman–Crippen LogP) is 7.11. The largest absolute Gasteiger partial charge is 0.509 e. The van der Waals surface area contributed by atoms with E-state index in [0.717, 1.165) is 22.3 Å². The van der Waals surface area contributed by atoms with Crippen molar-refractivity contribution in [1.82, 2.24) is 0 Å². The summed E-state index contributed by atoms with van der Waals surface area (Å²) in [6.45, 7) is 0. The van der Waals surface area contributed by atoms with Gasteiger partial charge in [-0.15, -0.1) is 0 Å². The highest BCUT2D eigenvalue weighted by Gasteiger charge is 2.23. The van der Waals surface area contributed by atoms with Crippen molar-refractivity contribution in [3.63, 3.8) is 0 Å². The zero-order valence-corrected chi connectivity index (χ0v) is 17.8. The number of hydrogen-bond acceptors (Lipinski definition) is 3. The monoisotopic (exact) mass is 422 g/mol. The minimum Gasteiger partial charge on any atom is -0.426 e. The average molecular weight is 423 g/mol. The summed E-state index contributed by atoms with van der Waals surface area (Å²) in [4.78, 5) is 12.9. The first-order valence-corrected chi connectivity index (χ1v) is 10.8.